The van der Waals surface area contributed by atoms with Crippen molar-refractivity contribution in [3.8, 4) is 0 Å². The van der Waals surface area contributed by atoms with Crippen molar-refractivity contribution < 1.29 is 14.3 Å². The summed E-state index contributed by atoms with van der Waals surface area (Å²) >= 11 is 0. The summed E-state index contributed by atoms with van der Waals surface area (Å²) in [5.74, 6) is 0.279. The molecule has 1 aliphatic heterocycles. The van der Waals surface area contributed by atoms with Crippen LogP contribution in [0.2, 0.25) is 0 Å². The van der Waals surface area contributed by atoms with Gasteiger partial charge < -0.3 is 15.0 Å². The lowest BCUT2D eigenvalue weighted by atomic mass is 9.92. The summed E-state index contributed by atoms with van der Waals surface area (Å²) in [7, 11) is 1.58. The molecular weight excluding hydrogens is 342 g/mol. The van der Waals surface area contributed by atoms with Crippen LogP contribution in [0.1, 0.15) is 74.8 Å². The van der Waals surface area contributed by atoms with Crippen molar-refractivity contribution in [3.63, 3.8) is 0 Å². The van der Waals surface area contributed by atoms with Crippen LogP contribution in [0.15, 0.2) is 18.3 Å². The van der Waals surface area contributed by atoms with E-state index in [-0.39, 0.29) is 23.4 Å². The second-order valence-electron chi connectivity index (χ2n) is 8.06. The number of hydrogen-bond acceptors (Lipinski definition) is 4. The Kier molecular flexibility index (Phi) is 5.84. The molecule has 2 heterocycles. The minimum atomic E-state index is -0.401. The van der Waals surface area contributed by atoms with Crippen molar-refractivity contribution in [1.82, 2.24) is 15.2 Å². The number of amides is 2. The zero-order valence-electron chi connectivity index (χ0n) is 16.8. The molecular formula is C21H31N3O3. The SMILES string of the molecule is CCC(OC)C(=O)N1CCC2(NC(=O)c3ccc(C(C)C)cn3)CCCC12. The van der Waals surface area contributed by atoms with E-state index in [1.165, 1.54) is 0 Å². The lowest BCUT2D eigenvalue weighted by Gasteiger charge is -2.34. The van der Waals surface area contributed by atoms with Gasteiger partial charge in [0.25, 0.3) is 11.8 Å². The van der Waals surface area contributed by atoms with E-state index >= 15 is 0 Å². The van der Waals surface area contributed by atoms with E-state index in [4.69, 9.17) is 4.74 Å². The van der Waals surface area contributed by atoms with Crippen LogP contribution in [0.4, 0.5) is 0 Å². The molecule has 0 bridgehead atoms. The molecule has 3 unspecified atom stereocenters. The zero-order chi connectivity index (χ0) is 19.6. The molecule has 0 spiro atoms. The van der Waals surface area contributed by atoms with Gasteiger partial charge in [0.15, 0.2) is 0 Å². The topological polar surface area (TPSA) is 71.5 Å². The van der Waals surface area contributed by atoms with E-state index in [9.17, 15) is 9.59 Å². The van der Waals surface area contributed by atoms with Crippen molar-refractivity contribution in [2.45, 2.75) is 76.5 Å². The van der Waals surface area contributed by atoms with Crippen LogP contribution in [-0.4, -0.2) is 53.0 Å². The molecule has 2 fully saturated rings. The van der Waals surface area contributed by atoms with Crippen molar-refractivity contribution in [1.29, 1.82) is 0 Å². The van der Waals surface area contributed by atoms with Gasteiger partial charge in [0, 0.05) is 19.9 Å². The average molecular weight is 373 g/mol. The average Bonchev–Trinajstić information content (AvgIpc) is 3.21. The first kappa shape index (κ1) is 19.8. The number of aromatic nitrogens is 1. The number of carbonyl (C=O) groups excluding carboxylic acids is 2. The number of rotatable bonds is 6. The number of nitrogens with one attached hydrogen (secondary N) is 1. The van der Waals surface area contributed by atoms with Gasteiger partial charge in [0.05, 0.1) is 11.6 Å². The van der Waals surface area contributed by atoms with Crippen LogP contribution < -0.4 is 5.32 Å². The Morgan fingerprint density at radius 1 is 1.37 bits per heavy atom. The third-order valence-electron chi connectivity index (χ3n) is 6.18. The van der Waals surface area contributed by atoms with Gasteiger partial charge in [-0.3, -0.25) is 14.6 Å². The third kappa shape index (κ3) is 3.72. The van der Waals surface area contributed by atoms with Crippen molar-refractivity contribution in [2.24, 2.45) is 0 Å². The first-order valence-electron chi connectivity index (χ1n) is 10.0. The highest BCUT2D eigenvalue weighted by molar-refractivity contribution is 5.93. The second kappa shape index (κ2) is 7.97. The molecule has 1 aliphatic carbocycles. The lowest BCUT2D eigenvalue weighted by Crippen LogP contribution is -2.55. The van der Waals surface area contributed by atoms with Crippen molar-refractivity contribution >= 4 is 11.8 Å². The maximum Gasteiger partial charge on any atom is 0.270 e. The summed E-state index contributed by atoms with van der Waals surface area (Å²) in [6.07, 6.45) is 5.66. The lowest BCUT2D eigenvalue weighted by molar-refractivity contribution is -0.143. The molecule has 1 saturated heterocycles. The van der Waals surface area contributed by atoms with Gasteiger partial charge in [-0.2, -0.15) is 0 Å². The molecule has 27 heavy (non-hydrogen) atoms. The van der Waals surface area contributed by atoms with Crippen LogP contribution in [0.3, 0.4) is 0 Å². The Labute approximate surface area is 161 Å². The quantitative estimate of drug-likeness (QED) is 0.832. The highest BCUT2D eigenvalue weighted by Gasteiger charge is 2.53. The maximum atomic E-state index is 12.8. The van der Waals surface area contributed by atoms with Gasteiger partial charge in [-0.05, 0) is 49.7 Å². The number of carbonyl (C=O) groups is 2. The fraction of sp³-hybridized carbons (Fsp3) is 0.667. The Hall–Kier alpha value is -1.95. The Morgan fingerprint density at radius 2 is 2.15 bits per heavy atom. The summed E-state index contributed by atoms with van der Waals surface area (Å²) in [6.45, 7) is 6.83. The predicted molar refractivity (Wildman–Crippen MR) is 104 cm³/mol. The summed E-state index contributed by atoms with van der Waals surface area (Å²) in [4.78, 5) is 31.9. The van der Waals surface area contributed by atoms with Gasteiger partial charge in [-0.25, -0.2) is 0 Å². The number of hydrogen-bond donors (Lipinski definition) is 1. The van der Waals surface area contributed by atoms with Crippen LogP contribution in [0.5, 0.6) is 0 Å². The van der Waals surface area contributed by atoms with Gasteiger partial charge in [-0.15, -0.1) is 0 Å². The summed E-state index contributed by atoms with van der Waals surface area (Å²) < 4.78 is 5.35. The van der Waals surface area contributed by atoms with Gasteiger partial charge in [0.1, 0.15) is 11.8 Å². The molecule has 6 heteroatoms. The normalized spacial score (nSPS) is 25.5. The van der Waals surface area contributed by atoms with E-state index in [0.717, 1.165) is 31.2 Å². The number of methoxy groups -OCH3 is 1. The molecule has 0 aromatic carbocycles. The first-order valence-corrected chi connectivity index (χ1v) is 10.0. The van der Waals surface area contributed by atoms with E-state index in [1.807, 2.05) is 17.9 Å². The molecule has 2 aliphatic rings. The summed E-state index contributed by atoms with van der Waals surface area (Å²) in [6, 6.07) is 3.81. The highest BCUT2D eigenvalue weighted by Crippen LogP contribution is 2.42. The minimum absolute atomic E-state index is 0.0439. The fourth-order valence-corrected chi connectivity index (χ4v) is 4.55. The molecule has 148 valence electrons. The molecule has 1 aromatic heterocycles. The Bertz CT molecular complexity index is 684. The largest absolute Gasteiger partial charge is 0.372 e. The number of likely N-dealkylation sites (tertiary alicyclic amines) is 1. The summed E-state index contributed by atoms with van der Waals surface area (Å²) in [5, 5.41) is 3.24. The van der Waals surface area contributed by atoms with Crippen LogP contribution >= 0.6 is 0 Å². The molecule has 2 amide bonds. The number of fused-ring (bicyclic) bond motifs is 1. The van der Waals surface area contributed by atoms with Gasteiger partial charge >= 0.3 is 0 Å². The summed E-state index contributed by atoms with van der Waals surface area (Å²) in [5.41, 5.74) is 1.22. The molecule has 1 aromatic rings. The van der Waals surface area contributed by atoms with E-state index in [1.54, 1.807) is 19.4 Å². The van der Waals surface area contributed by atoms with E-state index < -0.39 is 6.10 Å². The van der Waals surface area contributed by atoms with Crippen molar-refractivity contribution in [2.75, 3.05) is 13.7 Å². The van der Waals surface area contributed by atoms with Gasteiger partial charge in [0.2, 0.25) is 0 Å². The van der Waals surface area contributed by atoms with Crippen molar-refractivity contribution in [3.05, 3.63) is 29.6 Å². The highest BCUT2D eigenvalue weighted by atomic mass is 16.5. The van der Waals surface area contributed by atoms with Crippen LogP contribution in [0.25, 0.3) is 0 Å². The van der Waals surface area contributed by atoms with Crippen LogP contribution in [0, 0.1) is 0 Å². The number of ether oxygens (including phenoxy) is 1. The molecule has 0 radical (unpaired) electrons. The molecule has 6 nitrogen and oxygen atoms in total. The predicted octanol–water partition coefficient (Wildman–Crippen LogP) is 2.88. The Balaban J connectivity index is 1.74. The minimum Gasteiger partial charge on any atom is -0.372 e. The second-order valence-corrected chi connectivity index (χ2v) is 8.06. The monoisotopic (exact) mass is 373 g/mol. The maximum absolute atomic E-state index is 12.8. The number of nitrogens with zero attached hydrogens (tertiary/aromatic N) is 2. The fourth-order valence-electron chi connectivity index (χ4n) is 4.55. The standard InChI is InChI=1S/C21H31N3O3/c1-5-17(27-4)20(26)24-12-11-21(10-6-7-18(21)24)23-19(25)16-9-8-15(13-22-16)14(2)3/h8-9,13-14,17-18H,5-7,10-12H2,1-4H3,(H,23,25). The van der Waals surface area contributed by atoms with Gasteiger partial charge in [-0.1, -0.05) is 26.8 Å². The molecule has 3 rings (SSSR count). The molecule has 3 atom stereocenters. The van der Waals surface area contributed by atoms with Crippen LogP contribution in [-0.2, 0) is 9.53 Å². The Morgan fingerprint density at radius 3 is 2.74 bits per heavy atom. The first-order chi connectivity index (χ1) is 12.9. The third-order valence-corrected chi connectivity index (χ3v) is 6.18. The van der Waals surface area contributed by atoms with E-state index in [0.29, 0.717) is 24.6 Å². The molecule has 1 saturated carbocycles. The van der Waals surface area contributed by atoms with E-state index in [2.05, 4.69) is 24.1 Å². The zero-order valence-corrected chi connectivity index (χ0v) is 16.8. The molecule has 1 N–H and O–H groups in total. The number of pyridine rings is 1. The smallest absolute Gasteiger partial charge is 0.270 e.